The molecule has 4 rings (SSSR count). The average molecular weight is 423 g/mol. The SMILES string of the molecule is CCOc1ccccc1/C=C1\SC(Nc2ccccc2)N([C@@H]2CCCC[C@H]2C)C1=O. The molecule has 0 spiro atoms. The largest absolute Gasteiger partial charge is 0.493 e. The number of thioether (sulfide) groups is 1. The van der Waals surface area contributed by atoms with Gasteiger partial charge in [-0.15, -0.1) is 0 Å². The second-order valence-corrected chi connectivity index (χ2v) is 9.12. The van der Waals surface area contributed by atoms with Crippen LogP contribution in [-0.4, -0.2) is 29.0 Å². The summed E-state index contributed by atoms with van der Waals surface area (Å²) in [7, 11) is 0. The molecule has 0 radical (unpaired) electrons. The Bertz CT molecular complexity index is 899. The predicted molar refractivity (Wildman–Crippen MR) is 125 cm³/mol. The van der Waals surface area contributed by atoms with Crippen molar-refractivity contribution in [2.45, 2.75) is 51.1 Å². The van der Waals surface area contributed by atoms with Gasteiger partial charge in [0, 0.05) is 17.3 Å². The molecule has 1 saturated carbocycles. The number of para-hydroxylation sites is 2. The summed E-state index contributed by atoms with van der Waals surface area (Å²) in [5, 5.41) is 3.59. The molecule has 0 bridgehead atoms. The minimum Gasteiger partial charge on any atom is -0.493 e. The van der Waals surface area contributed by atoms with Crippen LogP contribution in [0.25, 0.3) is 6.08 Å². The third-order valence-corrected chi connectivity index (χ3v) is 7.04. The molecule has 158 valence electrons. The minimum atomic E-state index is -0.101. The van der Waals surface area contributed by atoms with Gasteiger partial charge in [0.1, 0.15) is 5.75 Å². The van der Waals surface area contributed by atoms with E-state index in [1.54, 1.807) is 11.8 Å². The van der Waals surface area contributed by atoms with Crippen molar-refractivity contribution in [2.24, 2.45) is 5.92 Å². The van der Waals surface area contributed by atoms with Crippen LogP contribution in [0, 0.1) is 5.92 Å². The average Bonchev–Trinajstić information content (AvgIpc) is 3.05. The van der Waals surface area contributed by atoms with Gasteiger partial charge in [-0.3, -0.25) is 4.79 Å². The van der Waals surface area contributed by atoms with Gasteiger partial charge < -0.3 is 15.0 Å². The molecule has 4 nitrogen and oxygen atoms in total. The van der Waals surface area contributed by atoms with Gasteiger partial charge >= 0.3 is 0 Å². The van der Waals surface area contributed by atoms with Crippen LogP contribution in [0.15, 0.2) is 59.5 Å². The number of nitrogens with zero attached hydrogens (tertiary/aromatic N) is 1. The summed E-state index contributed by atoms with van der Waals surface area (Å²) in [6.45, 7) is 4.87. The maximum absolute atomic E-state index is 13.6. The first-order chi connectivity index (χ1) is 14.7. The van der Waals surface area contributed by atoms with Crippen LogP contribution in [0.5, 0.6) is 5.75 Å². The molecule has 2 aromatic carbocycles. The van der Waals surface area contributed by atoms with Crippen molar-refractivity contribution in [3.63, 3.8) is 0 Å². The quantitative estimate of drug-likeness (QED) is 0.582. The van der Waals surface area contributed by atoms with Gasteiger partial charge in [0.25, 0.3) is 5.91 Å². The summed E-state index contributed by atoms with van der Waals surface area (Å²) >= 11 is 1.61. The van der Waals surface area contributed by atoms with E-state index in [2.05, 4.69) is 29.3 Å². The Morgan fingerprint density at radius 1 is 1.10 bits per heavy atom. The molecule has 1 aliphatic heterocycles. The summed E-state index contributed by atoms with van der Waals surface area (Å²) < 4.78 is 5.77. The first-order valence-electron chi connectivity index (χ1n) is 10.9. The van der Waals surface area contributed by atoms with Gasteiger partial charge in [-0.25, -0.2) is 0 Å². The Labute approximate surface area is 183 Å². The standard InChI is InChI=1S/C25H30N2O2S/c1-3-29-22-16-10-8-12-19(22)17-23-24(28)27(21-15-9-7-11-18(21)2)25(30-23)26-20-13-5-4-6-14-20/h4-6,8,10,12-14,16-18,21,25-26H,3,7,9,11,15H2,1-2H3/b23-17-/t18-,21-,25?/m1/s1. The minimum absolute atomic E-state index is 0.101. The van der Waals surface area contributed by atoms with E-state index in [9.17, 15) is 4.79 Å². The summed E-state index contributed by atoms with van der Waals surface area (Å²) in [6.07, 6.45) is 6.69. The van der Waals surface area contributed by atoms with Crippen LogP contribution < -0.4 is 10.1 Å². The molecule has 0 aromatic heterocycles. The van der Waals surface area contributed by atoms with E-state index >= 15 is 0 Å². The number of nitrogens with one attached hydrogen (secondary N) is 1. The molecule has 2 aromatic rings. The zero-order chi connectivity index (χ0) is 20.9. The van der Waals surface area contributed by atoms with Crippen LogP contribution in [0.4, 0.5) is 5.69 Å². The first kappa shape index (κ1) is 20.9. The van der Waals surface area contributed by atoms with Crippen molar-refractivity contribution in [1.82, 2.24) is 4.90 Å². The summed E-state index contributed by atoms with van der Waals surface area (Å²) in [6, 6.07) is 18.4. The Morgan fingerprint density at radius 2 is 1.83 bits per heavy atom. The molecule has 1 unspecified atom stereocenters. The van der Waals surface area contributed by atoms with Gasteiger partial charge in [-0.2, -0.15) is 0 Å². The number of rotatable bonds is 6. The first-order valence-corrected chi connectivity index (χ1v) is 11.8. The highest BCUT2D eigenvalue weighted by molar-refractivity contribution is 8.05. The van der Waals surface area contributed by atoms with Crippen molar-refractivity contribution >= 4 is 29.4 Å². The van der Waals surface area contributed by atoms with Gasteiger partial charge in [-0.1, -0.05) is 67.9 Å². The molecule has 2 aliphatic rings. The highest BCUT2D eigenvalue weighted by atomic mass is 32.2. The number of benzene rings is 2. The number of hydrogen-bond acceptors (Lipinski definition) is 4. The van der Waals surface area contributed by atoms with Gasteiger partial charge in [0.2, 0.25) is 0 Å². The highest BCUT2D eigenvalue weighted by Crippen LogP contribution is 2.42. The Morgan fingerprint density at radius 3 is 2.60 bits per heavy atom. The molecule has 1 heterocycles. The van der Waals surface area contributed by atoms with E-state index < -0.39 is 0 Å². The van der Waals surface area contributed by atoms with Crippen LogP contribution >= 0.6 is 11.8 Å². The van der Waals surface area contributed by atoms with Crippen molar-refractivity contribution < 1.29 is 9.53 Å². The van der Waals surface area contributed by atoms with E-state index in [0.29, 0.717) is 12.5 Å². The Kier molecular flexibility index (Phi) is 6.68. The maximum atomic E-state index is 13.6. The summed E-state index contributed by atoms with van der Waals surface area (Å²) in [4.78, 5) is 16.4. The van der Waals surface area contributed by atoms with Crippen LogP contribution in [0.1, 0.15) is 45.1 Å². The van der Waals surface area contributed by atoms with Crippen LogP contribution in [0.3, 0.4) is 0 Å². The van der Waals surface area contributed by atoms with Crippen molar-refractivity contribution in [3.8, 4) is 5.75 Å². The van der Waals surface area contributed by atoms with Gasteiger partial charge in [0.05, 0.1) is 11.5 Å². The third-order valence-electron chi connectivity index (χ3n) is 5.93. The van der Waals surface area contributed by atoms with Crippen LogP contribution in [-0.2, 0) is 4.79 Å². The zero-order valence-electron chi connectivity index (χ0n) is 17.7. The molecular weight excluding hydrogens is 392 g/mol. The monoisotopic (exact) mass is 422 g/mol. The molecule has 3 atom stereocenters. The molecule has 30 heavy (non-hydrogen) atoms. The van der Waals surface area contributed by atoms with Gasteiger partial charge in [0.15, 0.2) is 5.50 Å². The zero-order valence-corrected chi connectivity index (χ0v) is 18.5. The van der Waals surface area contributed by atoms with E-state index in [1.165, 1.54) is 19.3 Å². The number of carbonyl (C=O) groups excluding carboxylic acids is 1. The Balaban J connectivity index is 1.66. The van der Waals surface area contributed by atoms with E-state index in [-0.39, 0.29) is 17.4 Å². The molecular formula is C25H30N2O2S. The lowest BCUT2D eigenvalue weighted by Gasteiger charge is -2.39. The van der Waals surface area contributed by atoms with Crippen molar-refractivity contribution in [3.05, 3.63) is 65.1 Å². The lowest BCUT2D eigenvalue weighted by atomic mass is 9.85. The number of amides is 1. The fourth-order valence-electron chi connectivity index (χ4n) is 4.40. The van der Waals surface area contributed by atoms with E-state index in [0.717, 1.165) is 28.3 Å². The normalized spacial score (nSPS) is 25.5. The number of ether oxygens (including phenoxy) is 1. The predicted octanol–water partition coefficient (Wildman–Crippen LogP) is 5.98. The Hall–Kier alpha value is -2.40. The van der Waals surface area contributed by atoms with E-state index in [1.807, 2.05) is 55.5 Å². The maximum Gasteiger partial charge on any atom is 0.262 e. The second kappa shape index (κ2) is 9.61. The fraction of sp³-hybridized carbons (Fsp3) is 0.400. The summed E-state index contributed by atoms with van der Waals surface area (Å²) in [5.74, 6) is 1.45. The number of hydrogen-bond donors (Lipinski definition) is 1. The van der Waals surface area contributed by atoms with E-state index in [4.69, 9.17) is 4.74 Å². The highest BCUT2D eigenvalue weighted by Gasteiger charge is 2.42. The van der Waals surface area contributed by atoms with Gasteiger partial charge in [-0.05, 0) is 50.0 Å². The van der Waals surface area contributed by atoms with Crippen LogP contribution in [0.2, 0.25) is 0 Å². The van der Waals surface area contributed by atoms with Crippen molar-refractivity contribution in [1.29, 1.82) is 0 Å². The summed E-state index contributed by atoms with van der Waals surface area (Å²) in [5.41, 5.74) is 1.88. The molecule has 1 N–H and O–H groups in total. The lowest BCUT2D eigenvalue weighted by molar-refractivity contribution is -0.129. The molecule has 1 amide bonds. The topological polar surface area (TPSA) is 41.6 Å². The molecule has 1 aliphatic carbocycles. The molecule has 1 saturated heterocycles. The second-order valence-electron chi connectivity index (χ2n) is 8.00. The number of anilines is 1. The molecule has 2 fully saturated rings. The molecule has 5 heteroatoms. The smallest absolute Gasteiger partial charge is 0.262 e. The third kappa shape index (κ3) is 4.51. The number of carbonyl (C=O) groups is 1. The lowest BCUT2D eigenvalue weighted by Crippen LogP contribution is -2.48. The fourth-order valence-corrected chi connectivity index (χ4v) is 5.60. The van der Waals surface area contributed by atoms with Crippen molar-refractivity contribution in [2.75, 3.05) is 11.9 Å².